The number of carboxylic acids is 1. The molecule has 1 saturated heterocycles. The van der Waals surface area contributed by atoms with E-state index in [9.17, 15) is 4.79 Å². The number of anilines is 2. The van der Waals surface area contributed by atoms with Gasteiger partial charge in [0.25, 0.3) is 0 Å². The number of rotatable bonds is 2. The summed E-state index contributed by atoms with van der Waals surface area (Å²) in [5.41, 5.74) is 7.35. The number of piperidine rings is 1. The molecule has 0 radical (unpaired) electrons. The van der Waals surface area contributed by atoms with Crippen LogP contribution in [0.5, 0.6) is 0 Å². The predicted molar refractivity (Wildman–Crippen MR) is 73.1 cm³/mol. The minimum atomic E-state index is -0.973. The Labute approximate surface area is 107 Å². The van der Waals surface area contributed by atoms with Crippen LogP contribution in [0.15, 0.2) is 18.2 Å². The molecular weight excluding hydrogens is 228 g/mol. The van der Waals surface area contributed by atoms with Crippen LogP contribution in [0.3, 0.4) is 0 Å². The molecule has 1 heterocycles. The number of nitrogens with two attached hydrogens (primary N) is 1. The highest BCUT2D eigenvalue weighted by atomic mass is 16.4. The van der Waals surface area contributed by atoms with Crippen LogP contribution in [0.4, 0.5) is 11.4 Å². The maximum absolute atomic E-state index is 10.9. The standard InChI is InChI=1S/C14H20N2O2/c1-9-4-3-5-10(2)16(9)11-6-7-12(14(17)18)13(15)8-11/h6-10H,3-5,15H2,1-2H3,(H,17,18). The van der Waals surface area contributed by atoms with Crippen molar-refractivity contribution in [1.29, 1.82) is 0 Å². The highest BCUT2D eigenvalue weighted by Crippen LogP contribution is 2.31. The molecule has 0 aromatic heterocycles. The minimum absolute atomic E-state index is 0.177. The zero-order valence-corrected chi connectivity index (χ0v) is 10.9. The number of nitrogen functional groups attached to an aromatic ring is 1. The maximum Gasteiger partial charge on any atom is 0.337 e. The van der Waals surface area contributed by atoms with Crippen LogP contribution in [0, 0.1) is 0 Å². The van der Waals surface area contributed by atoms with Crippen molar-refractivity contribution in [2.45, 2.75) is 45.2 Å². The van der Waals surface area contributed by atoms with Crippen LogP contribution in [0.25, 0.3) is 0 Å². The lowest BCUT2D eigenvalue weighted by molar-refractivity contribution is 0.0698. The molecule has 0 spiro atoms. The molecule has 0 saturated carbocycles. The van der Waals surface area contributed by atoms with Gasteiger partial charge in [-0.2, -0.15) is 0 Å². The zero-order valence-electron chi connectivity index (χ0n) is 10.9. The van der Waals surface area contributed by atoms with Gasteiger partial charge in [-0.1, -0.05) is 0 Å². The molecule has 98 valence electrons. The lowest BCUT2D eigenvalue weighted by Crippen LogP contribution is -2.43. The van der Waals surface area contributed by atoms with Crippen molar-refractivity contribution in [1.82, 2.24) is 0 Å². The second-order valence-electron chi connectivity index (χ2n) is 5.11. The monoisotopic (exact) mass is 248 g/mol. The van der Waals surface area contributed by atoms with E-state index in [1.807, 2.05) is 6.07 Å². The summed E-state index contributed by atoms with van der Waals surface area (Å²) in [6, 6.07) is 6.19. The summed E-state index contributed by atoms with van der Waals surface area (Å²) in [6.45, 7) is 4.41. The Balaban J connectivity index is 2.33. The van der Waals surface area contributed by atoms with Gasteiger partial charge in [-0.25, -0.2) is 4.79 Å². The molecule has 0 amide bonds. The third kappa shape index (κ3) is 2.28. The number of nitrogens with zero attached hydrogens (tertiary/aromatic N) is 1. The fraction of sp³-hybridized carbons (Fsp3) is 0.500. The smallest absolute Gasteiger partial charge is 0.337 e. The quantitative estimate of drug-likeness (QED) is 0.790. The van der Waals surface area contributed by atoms with Gasteiger partial charge < -0.3 is 15.7 Å². The summed E-state index contributed by atoms with van der Waals surface area (Å²) in [6.07, 6.45) is 3.59. The van der Waals surface area contributed by atoms with Crippen LogP contribution >= 0.6 is 0 Å². The average Bonchev–Trinajstić information content (AvgIpc) is 2.28. The van der Waals surface area contributed by atoms with E-state index in [0.29, 0.717) is 17.8 Å². The number of hydrogen-bond acceptors (Lipinski definition) is 3. The normalized spacial score (nSPS) is 24.0. The lowest BCUT2D eigenvalue weighted by Gasteiger charge is -2.41. The fourth-order valence-electron chi connectivity index (χ4n) is 2.84. The highest BCUT2D eigenvalue weighted by Gasteiger charge is 2.25. The molecule has 4 nitrogen and oxygen atoms in total. The molecule has 0 bridgehead atoms. The second kappa shape index (κ2) is 4.88. The van der Waals surface area contributed by atoms with Gasteiger partial charge in [0, 0.05) is 23.5 Å². The van der Waals surface area contributed by atoms with Crippen molar-refractivity contribution in [3.8, 4) is 0 Å². The molecule has 2 unspecified atom stereocenters. The fourth-order valence-corrected chi connectivity index (χ4v) is 2.84. The van der Waals surface area contributed by atoms with Gasteiger partial charge in [-0.3, -0.25) is 0 Å². The summed E-state index contributed by atoms with van der Waals surface area (Å²) in [7, 11) is 0. The van der Waals surface area contributed by atoms with Crippen molar-refractivity contribution >= 4 is 17.3 Å². The molecule has 1 fully saturated rings. The molecule has 1 aromatic carbocycles. The lowest BCUT2D eigenvalue weighted by atomic mass is 9.96. The second-order valence-corrected chi connectivity index (χ2v) is 5.11. The topological polar surface area (TPSA) is 66.6 Å². The zero-order chi connectivity index (χ0) is 13.3. The Kier molecular flexibility index (Phi) is 3.45. The van der Waals surface area contributed by atoms with Gasteiger partial charge in [-0.15, -0.1) is 0 Å². The summed E-state index contributed by atoms with van der Waals surface area (Å²) < 4.78 is 0. The van der Waals surface area contributed by atoms with Gasteiger partial charge in [0.15, 0.2) is 0 Å². The largest absolute Gasteiger partial charge is 0.478 e. The van der Waals surface area contributed by atoms with Crippen LogP contribution in [-0.2, 0) is 0 Å². The first kappa shape index (κ1) is 12.7. The SMILES string of the molecule is CC1CCCC(C)N1c1ccc(C(=O)O)c(N)c1. The minimum Gasteiger partial charge on any atom is -0.478 e. The number of aromatic carboxylic acids is 1. The molecule has 4 heteroatoms. The molecule has 1 aromatic rings. The van der Waals surface area contributed by atoms with E-state index >= 15 is 0 Å². The highest BCUT2D eigenvalue weighted by molar-refractivity contribution is 5.94. The van der Waals surface area contributed by atoms with Gasteiger partial charge in [0.05, 0.1) is 5.56 Å². The number of carbonyl (C=O) groups is 1. The molecule has 0 aliphatic carbocycles. The Morgan fingerprint density at radius 3 is 2.44 bits per heavy atom. The summed E-state index contributed by atoms with van der Waals surface area (Å²) in [4.78, 5) is 13.3. The van der Waals surface area contributed by atoms with Gasteiger partial charge >= 0.3 is 5.97 Å². The van der Waals surface area contributed by atoms with Gasteiger partial charge in [0.2, 0.25) is 0 Å². The predicted octanol–water partition coefficient (Wildman–Crippen LogP) is 2.73. The Hall–Kier alpha value is -1.71. The molecule has 1 aliphatic rings. The van der Waals surface area contributed by atoms with Crippen LogP contribution < -0.4 is 10.6 Å². The molecule has 18 heavy (non-hydrogen) atoms. The summed E-state index contributed by atoms with van der Waals surface area (Å²) in [5, 5.41) is 8.98. The van der Waals surface area contributed by atoms with Crippen molar-refractivity contribution < 1.29 is 9.90 Å². The number of hydrogen-bond donors (Lipinski definition) is 2. The Morgan fingerprint density at radius 2 is 1.94 bits per heavy atom. The first-order valence-electron chi connectivity index (χ1n) is 6.42. The van der Waals surface area contributed by atoms with Crippen molar-refractivity contribution in [3.05, 3.63) is 23.8 Å². The Morgan fingerprint density at radius 1 is 1.33 bits per heavy atom. The van der Waals surface area contributed by atoms with E-state index in [1.165, 1.54) is 19.3 Å². The maximum atomic E-state index is 10.9. The van der Waals surface area contributed by atoms with Crippen molar-refractivity contribution in [3.63, 3.8) is 0 Å². The number of carboxylic acid groups (broad SMARTS) is 1. The third-order valence-electron chi connectivity index (χ3n) is 3.76. The van der Waals surface area contributed by atoms with E-state index in [0.717, 1.165) is 5.69 Å². The third-order valence-corrected chi connectivity index (χ3v) is 3.76. The first-order chi connectivity index (χ1) is 8.50. The van der Waals surface area contributed by atoms with E-state index in [1.54, 1.807) is 12.1 Å². The molecule has 2 atom stereocenters. The first-order valence-corrected chi connectivity index (χ1v) is 6.42. The van der Waals surface area contributed by atoms with E-state index in [4.69, 9.17) is 10.8 Å². The van der Waals surface area contributed by atoms with Crippen molar-refractivity contribution in [2.75, 3.05) is 10.6 Å². The van der Waals surface area contributed by atoms with Crippen LogP contribution in [-0.4, -0.2) is 23.2 Å². The van der Waals surface area contributed by atoms with E-state index < -0.39 is 5.97 Å². The molecular formula is C14H20N2O2. The summed E-state index contributed by atoms with van der Waals surface area (Å²) in [5.74, 6) is -0.973. The molecule has 2 rings (SSSR count). The van der Waals surface area contributed by atoms with Crippen molar-refractivity contribution in [2.24, 2.45) is 0 Å². The van der Waals surface area contributed by atoms with Gasteiger partial charge in [-0.05, 0) is 51.3 Å². The summed E-state index contributed by atoms with van der Waals surface area (Å²) >= 11 is 0. The Bertz CT molecular complexity index is 449. The van der Waals surface area contributed by atoms with Crippen LogP contribution in [0.2, 0.25) is 0 Å². The van der Waals surface area contributed by atoms with E-state index in [2.05, 4.69) is 18.7 Å². The van der Waals surface area contributed by atoms with Gasteiger partial charge in [0.1, 0.15) is 0 Å². The van der Waals surface area contributed by atoms with E-state index in [-0.39, 0.29) is 5.56 Å². The molecule has 3 N–H and O–H groups in total. The average molecular weight is 248 g/mol. The molecule has 1 aliphatic heterocycles. The van der Waals surface area contributed by atoms with Crippen LogP contribution in [0.1, 0.15) is 43.5 Å². The number of benzene rings is 1.